The molecule has 1 fully saturated rings. The van der Waals surface area contributed by atoms with Gasteiger partial charge in [-0.3, -0.25) is 0 Å². The zero-order valence-electron chi connectivity index (χ0n) is 16.6. The number of aryl methyl sites for hydroxylation is 1. The fraction of sp³-hybridized carbons (Fsp3) is 0.650. The van der Waals surface area contributed by atoms with Crippen molar-refractivity contribution in [3.8, 4) is 11.8 Å². The van der Waals surface area contributed by atoms with Gasteiger partial charge in [-0.2, -0.15) is 0 Å². The quantitative estimate of drug-likeness (QED) is 0.689. The van der Waals surface area contributed by atoms with Gasteiger partial charge in [-0.1, -0.05) is 11.1 Å². The molecule has 1 unspecified atom stereocenters. The summed E-state index contributed by atoms with van der Waals surface area (Å²) in [4.78, 5) is 0. The number of nitrogens with two attached hydrogens (primary N) is 1. The van der Waals surface area contributed by atoms with Crippen molar-refractivity contribution in [2.75, 3.05) is 6.26 Å². The zero-order chi connectivity index (χ0) is 20.3. The lowest BCUT2D eigenvalue weighted by molar-refractivity contribution is 0.0727. The third-order valence-electron chi connectivity index (χ3n) is 5.22. The molecule has 1 heterocycles. The second-order valence-corrected chi connectivity index (χ2v) is 10.6. The minimum absolute atomic E-state index is 0.346. The molecule has 1 saturated carbocycles. The van der Waals surface area contributed by atoms with E-state index in [0.717, 1.165) is 24.8 Å². The summed E-state index contributed by atoms with van der Waals surface area (Å²) in [5.74, 6) is 6.27. The standard InChI is InChI=1S/C20H30N2O4S/c1-19(2,23)12-6-5-10-17-14-16(22-26-17)11-13-20(3,27(4,24)25)18(21)15-8-7-9-15/h14,23H,6-9,11-13,21H2,1-4H3. The monoisotopic (exact) mass is 394 g/mol. The molecule has 1 aromatic heterocycles. The molecule has 0 amide bonds. The van der Waals surface area contributed by atoms with Gasteiger partial charge >= 0.3 is 0 Å². The molecule has 7 heteroatoms. The number of aliphatic hydroxyl groups is 1. The molecule has 1 aromatic rings. The van der Waals surface area contributed by atoms with Crippen molar-refractivity contribution in [2.45, 2.75) is 76.1 Å². The van der Waals surface area contributed by atoms with Gasteiger partial charge in [0.05, 0.1) is 11.3 Å². The van der Waals surface area contributed by atoms with Crippen LogP contribution in [0, 0.1) is 11.8 Å². The van der Waals surface area contributed by atoms with E-state index < -0.39 is 20.2 Å². The molecule has 2 rings (SSSR count). The summed E-state index contributed by atoms with van der Waals surface area (Å²) < 4.78 is 29.0. The van der Waals surface area contributed by atoms with Gasteiger partial charge in [-0.05, 0) is 70.8 Å². The predicted octanol–water partition coefficient (Wildman–Crippen LogP) is 2.71. The second-order valence-electron chi connectivity index (χ2n) is 8.17. The smallest absolute Gasteiger partial charge is 0.209 e. The Morgan fingerprint density at radius 2 is 2.00 bits per heavy atom. The van der Waals surface area contributed by atoms with E-state index in [4.69, 9.17) is 10.3 Å². The molecule has 1 aliphatic carbocycles. The van der Waals surface area contributed by atoms with E-state index in [1.165, 1.54) is 6.26 Å². The summed E-state index contributed by atoms with van der Waals surface area (Å²) >= 11 is 0. The van der Waals surface area contributed by atoms with Crippen molar-refractivity contribution in [2.24, 2.45) is 5.73 Å². The van der Waals surface area contributed by atoms with E-state index >= 15 is 0 Å². The number of hydrogen-bond donors (Lipinski definition) is 2. The second kappa shape index (κ2) is 8.07. The molecule has 27 heavy (non-hydrogen) atoms. The summed E-state index contributed by atoms with van der Waals surface area (Å²) in [6, 6.07) is 1.73. The molecule has 0 aliphatic heterocycles. The Morgan fingerprint density at radius 1 is 1.33 bits per heavy atom. The van der Waals surface area contributed by atoms with Gasteiger partial charge in [0.2, 0.25) is 5.76 Å². The van der Waals surface area contributed by atoms with Crippen LogP contribution in [0.25, 0.3) is 0 Å². The van der Waals surface area contributed by atoms with Crippen molar-refractivity contribution in [1.82, 2.24) is 5.16 Å². The van der Waals surface area contributed by atoms with E-state index in [0.29, 0.717) is 42.8 Å². The summed E-state index contributed by atoms with van der Waals surface area (Å²) in [5, 5.41) is 13.7. The molecule has 1 atom stereocenters. The molecule has 3 N–H and O–H groups in total. The molecule has 0 aromatic carbocycles. The average molecular weight is 395 g/mol. The lowest BCUT2D eigenvalue weighted by Crippen LogP contribution is -2.42. The lowest BCUT2D eigenvalue weighted by Gasteiger charge is -2.33. The molecule has 1 aliphatic rings. The van der Waals surface area contributed by atoms with Crippen molar-refractivity contribution < 1.29 is 18.0 Å². The van der Waals surface area contributed by atoms with E-state index in [9.17, 15) is 13.5 Å². The molecule has 0 spiro atoms. The summed E-state index contributed by atoms with van der Waals surface area (Å²) in [6.45, 7) is 5.18. The Morgan fingerprint density at radius 3 is 2.52 bits per heavy atom. The van der Waals surface area contributed by atoms with Crippen LogP contribution < -0.4 is 5.73 Å². The number of rotatable bonds is 7. The van der Waals surface area contributed by atoms with Crippen molar-refractivity contribution in [1.29, 1.82) is 0 Å². The summed E-state index contributed by atoms with van der Waals surface area (Å²) in [6.07, 6.45) is 5.97. The maximum atomic E-state index is 12.4. The third-order valence-corrected chi connectivity index (χ3v) is 7.28. The SMILES string of the molecule is CC(C)(O)CCC#Cc1cc(CCC(C)(C(N)=C2CCC2)S(C)(=O)=O)no1. The van der Waals surface area contributed by atoms with E-state index in [2.05, 4.69) is 17.0 Å². The summed E-state index contributed by atoms with van der Waals surface area (Å²) in [7, 11) is -3.37. The van der Waals surface area contributed by atoms with Crippen LogP contribution in [0.1, 0.15) is 70.8 Å². The Labute approximate surface area is 162 Å². The largest absolute Gasteiger partial charge is 0.401 e. The molecule has 0 radical (unpaired) electrons. The maximum Gasteiger partial charge on any atom is 0.209 e. The number of sulfone groups is 1. The minimum Gasteiger partial charge on any atom is -0.401 e. The first-order valence-corrected chi connectivity index (χ1v) is 11.2. The highest BCUT2D eigenvalue weighted by molar-refractivity contribution is 7.92. The normalized spacial score (nSPS) is 16.9. The van der Waals surface area contributed by atoms with Crippen LogP contribution in [0.3, 0.4) is 0 Å². The van der Waals surface area contributed by atoms with Crippen LogP contribution in [0.5, 0.6) is 0 Å². The highest BCUT2D eigenvalue weighted by Crippen LogP contribution is 2.36. The molecule has 0 saturated heterocycles. The lowest BCUT2D eigenvalue weighted by atomic mass is 9.85. The van der Waals surface area contributed by atoms with E-state index in [-0.39, 0.29) is 0 Å². The van der Waals surface area contributed by atoms with Gasteiger partial charge in [0, 0.05) is 24.4 Å². The molecular formula is C20H30N2O4S. The fourth-order valence-electron chi connectivity index (χ4n) is 2.89. The Kier molecular flexibility index (Phi) is 6.43. The number of nitrogens with zero attached hydrogens (tertiary/aromatic N) is 1. The Balaban J connectivity index is 2.05. The van der Waals surface area contributed by atoms with Crippen molar-refractivity contribution >= 4 is 9.84 Å². The average Bonchev–Trinajstić information content (AvgIpc) is 2.93. The first-order valence-electron chi connectivity index (χ1n) is 9.27. The first-order chi connectivity index (χ1) is 12.4. The van der Waals surface area contributed by atoms with Crippen LogP contribution in [0.15, 0.2) is 21.9 Å². The number of hydrogen-bond acceptors (Lipinski definition) is 6. The Hall–Kier alpha value is -1.78. The topological polar surface area (TPSA) is 106 Å². The van der Waals surface area contributed by atoms with Gasteiger partial charge in [-0.15, -0.1) is 0 Å². The van der Waals surface area contributed by atoms with Crippen LogP contribution in [-0.2, 0) is 16.3 Å². The number of allylic oxidation sites excluding steroid dienone is 1. The van der Waals surface area contributed by atoms with E-state index in [1.807, 2.05) is 0 Å². The van der Waals surface area contributed by atoms with Gasteiger partial charge < -0.3 is 15.4 Å². The van der Waals surface area contributed by atoms with E-state index in [1.54, 1.807) is 26.8 Å². The minimum atomic E-state index is -3.37. The Bertz CT molecular complexity index is 860. The van der Waals surface area contributed by atoms with Gasteiger partial charge in [0.15, 0.2) is 9.84 Å². The van der Waals surface area contributed by atoms with Crippen LogP contribution in [-0.4, -0.2) is 35.3 Å². The fourth-order valence-corrected chi connectivity index (χ4v) is 3.91. The molecular weight excluding hydrogens is 364 g/mol. The van der Waals surface area contributed by atoms with Crippen LogP contribution >= 0.6 is 0 Å². The maximum absolute atomic E-state index is 12.4. The molecule has 150 valence electrons. The van der Waals surface area contributed by atoms with Gasteiger partial charge in [-0.25, -0.2) is 8.42 Å². The first kappa shape index (κ1) is 21.5. The van der Waals surface area contributed by atoms with Gasteiger partial charge in [0.25, 0.3) is 0 Å². The molecule has 6 nitrogen and oxygen atoms in total. The number of aromatic nitrogens is 1. The zero-order valence-corrected chi connectivity index (χ0v) is 17.4. The van der Waals surface area contributed by atoms with Gasteiger partial charge in [0.1, 0.15) is 4.75 Å². The highest BCUT2D eigenvalue weighted by atomic mass is 32.2. The highest BCUT2D eigenvalue weighted by Gasteiger charge is 2.40. The van der Waals surface area contributed by atoms with Crippen LogP contribution in [0.4, 0.5) is 0 Å². The molecule has 0 bridgehead atoms. The predicted molar refractivity (Wildman–Crippen MR) is 106 cm³/mol. The van der Waals surface area contributed by atoms with Crippen LogP contribution in [0.2, 0.25) is 0 Å². The van der Waals surface area contributed by atoms with Crippen molar-refractivity contribution in [3.05, 3.63) is 28.8 Å². The van der Waals surface area contributed by atoms with Crippen molar-refractivity contribution in [3.63, 3.8) is 0 Å². The third kappa shape index (κ3) is 5.60. The summed E-state index contributed by atoms with van der Waals surface area (Å²) in [5.41, 5.74) is 7.70.